The van der Waals surface area contributed by atoms with Gasteiger partial charge in [-0.1, -0.05) is 56.1 Å². The Bertz CT molecular complexity index is 327. The molecule has 88 valence electrons. The van der Waals surface area contributed by atoms with Crippen molar-refractivity contribution in [2.24, 2.45) is 5.92 Å². The first-order valence-electron chi connectivity index (χ1n) is 5.25. The topological polar surface area (TPSA) is 49.3 Å². The number of hydrogen-bond acceptors (Lipinski definition) is 3. The van der Waals surface area contributed by atoms with Crippen LogP contribution >= 0.6 is 11.9 Å². The molecule has 0 aromatic heterocycles. The van der Waals surface area contributed by atoms with Crippen LogP contribution in [0.2, 0.25) is 0 Å². The van der Waals surface area contributed by atoms with Gasteiger partial charge < -0.3 is 5.11 Å². The number of hydrogen-bond donors (Lipinski definition) is 2. The fourth-order valence-electron chi connectivity index (χ4n) is 1.26. The highest BCUT2D eigenvalue weighted by molar-refractivity contribution is 7.96. The number of aliphatic carboxylic acids is 1. The van der Waals surface area contributed by atoms with Crippen molar-refractivity contribution in [1.29, 1.82) is 0 Å². The van der Waals surface area contributed by atoms with Crippen molar-refractivity contribution < 1.29 is 9.90 Å². The third-order valence-corrected chi connectivity index (χ3v) is 3.12. The molecule has 0 unspecified atom stereocenters. The number of nitrogens with one attached hydrogen (secondary N) is 1. The molecule has 1 atom stereocenters. The molecule has 4 heteroatoms. The van der Waals surface area contributed by atoms with Gasteiger partial charge in [0.15, 0.2) is 0 Å². The summed E-state index contributed by atoms with van der Waals surface area (Å²) in [7, 11) is 0. The molecule has 0 aliphatic carbocycles. The van der Waals surface area contributed by atoms with E-state index in [2.05, 4.69) is 4.72 Å². The lowest BCUT2D eigenvalue weighted by molar-refractivity contribution is -0.139. The van der Waals surface area contributed by atoms with Crippen LogP contribution in [0.4, 0.5) is 0 Å². The standard InChI is InChI=1S/C12H17NO2S/c1-9(2)11(12(14)15)13-16-8-10-6-4-3-5-7-10/h3-7,9,11,13H,8H2,1-2H3,(H,14,15)/t11-/m0/s1. The van der Waals surface area contributed by atoms with E-state index in [0.717, 1.165) is 5.75 Å². The summed E-state index contributed by atoms with van der Waals surface area (Å²) < 4.78 is 2.98. The molecule has 0 bridgehead atoms. The first-order valence-corrected chi connectivity index (χ1v) is 6.24. The molecule has 0 amide bonds. The maximum absolute atomic E-state index is 10.9. The minimum Gasteiger partial charge on any atom is -0.480 e. The quantitative estimate of drug-likeness (QED) is 0.749. The third-order valence-electron chi connectivity index (χ3n) is 2.22. The van der Waals surface area contributed by atoms with E-state index in [1.807, 2.05) is 44.2 Å². The molecule has 16 heavy (non-hydrogen) atoms. The number of carboxylic acid groups (broad SMARTS) is 1. The van der Waals surface area contributed by atoms with Gasteiger partial charge in [-0.2, -0.15) is 0 Å². The van der Waals surface area contributed by atoms with Crippen LogP contribution in [-0.4, -0.2) is 17.1 Å². The Labute approximate surface area is 100 Å². The van der Waals surface area contributed by atoms with Gasteiger partial charge in [0, 0.05) is 5.75 Å². The molecular formula is C12H17NO2S. The van der Waals surface area contributed by atoms with Crippen LogP contribution in [0.3, 0.4) is 0 Å². The van der Waals surface area contributed by atoms with Gasteiger partial charge in [-0.25, -0.2) is 4.72 Å². The fraction of sp³-hybridized carbons (Fsp3) is 0.417. The van der Waals surface area contributed by atoms with Crippen LogP contribution in [0.1, 0.15) is 19.4 Å². The summed E-state index contributed by atoms with van der Waals surface area (Å²) in [5.41, 5.74) is 1.19. The largest absolute Gasteiger partial charge is 0.480 e. The van der Waals surface area contributed by atoms with Gasteiger partial charge in [-0.05, 0) is 11.5 Å². The molecule has 0 heterocycles. The Hall–Kier alpha value is -1.00. The molecule has 0 fully saturated rings. The normalized spacial score (nSPS) is 12.7. The van der Waals surface area contributed by atoms with Crippen LogP contribution in [0.5, 0.6) is 0 Å². The Kier molecular flexibility index (Phi) is 5.35. The summed E-state index contributed by atoms with van der Waals surface area (Å²) in [6.07, 6.45) is 0. The van der Waals surface area contributed by atoms with Crippen LogP contribution in [-0.2, 0) is 10.5 Å². The molecule has 1 aromatic rings. The van der Waals surface area contributed by atoms with Gasteiger partial charge in [0.2, 0.25) is 0 Å². The predicted octanol–water partition coefficient (Wildman–Crippen LogP) is 2.53. The van der Waals surface area contributed by atoms with Crippen LogP contribution in [0, 0.1) is 5.92 Å². The number of rotatable bonds is 6. The summed E-state index contributed by atoms with van der Waals surface area (Å²) in [6, 6.07) is 9.49. The zero-order chi connectivity index (χ0) is 12.0. The van der Waals surface area contributed by atoms with E-state index in [9.17, 15) is 4.79 Å². The summed E-state index contributed by atoms with van der Waals surface area (Å²) >= 11 is 1.44. The SMILES string of the molecule is CC(C)[C@H](NSCc1ccccc1)C(=O)O. The van der Waals surface area contributed by atoms with E-state index in [-0.39, 0.29) is 5.92 Å². The highest BCUT2D eigenvalue weighted by atomic mass is 32.2. The maximum Gasteiger partial charge on any atom is 0.321 e. The number of carboxylic acids is 1. The monoisotopic (exact) mass is 239 g/mol. The van der Waals surface area contributed by atoms with Gasteiger partial charge in [0.05, 0.1) is 0 Å². The molecule has 0 aliphatic rings. The smallest absolute Gasteiger partial charge is 0.321 e. The minimum absolute atomic E-state index is 0.0840. The van der Waals surface area contributed by atoms with Crippen molar-refractivity contribution >= 4 is 17.9 Å². The predicted molar refractivity (Wildman–Crippen MR) is 67.1 cm³/mol. The minimum atomic E-state index is -0.796. The lowest BCUT2D eigenvalue weighted by Crippen LogP contribution is -2.37. The van der Waals surface area contributed by atoms with Crippen molar-refractivity contribution in [3.63, 3.8) is 0 Å². The van der Waals surface area contributed by atoms with Gasteiger partial charge >= 0.3 is 5.97 Å². The Morgan fingerprint density at radius 3 is 2.50 bits per heavy atom. The second-order valence-electron chi connectivity index (χ2n) is 3.95. The van der Waals surface area contributed by atoms with Crippen molar-refractivity contribution in [2.45, 2.75) is 25.6 Å². The first-order chi connectivity index (χ1) is 7.61. The Morgan fingerprint density at radius 2 is 2.00 bits per heavy atom. The van der Waals surface area contributed by atoms with Crippen LogP contribution < -0.4 is 4.72 Å². The van der Waals surface area contributed by atoms with Crippen LogP contribution in [0.25, 0.3) is 0 Å². The Morgan fingerprint density at radius 1 is 1.38 bits per heavy atom. The molecule has 0 spiro atoms. The average molecular weight is 239 g/mol. The van der Waals surface area contributed by atoms with Gasteiger partial charge in [0.25, 0.3) is 0 Å². The van der Waals surface area contributed by atoms with Crippen LogP contribution in [0.15, 0.2) is 30.3 Å². The van der Waals surface area contributed by atoms with E-state index in [0.29, 0.717) is 0 Å². The van der Waals surface area contributed by atoms with E-state index >= 15 is 0 Å². The van der Waals surface area contributed by atoms with E-state index in [1.165, 1.54) is 17.5 Å². The summed E-state index contributed by atoms with van der Waals surface area (Å²) in [5.74, 6) is 0.0634. The van der Waals surface area contributed by atoms with E-state index in [1.54, 1.807) is 0 Å². The Balaban J connectivity index is 2.37. The second-order valence-corrected chi connectivity index (χ2v) is 4.77. The summed E-state index contributed by atoms with van der Waals surface area (Å²) in [4.78, 5) is 10.9. The van der Waals surface area contributed by atoms with Gasteiger partial charge in [0.1, 0.15) is 6.04 Å². The molecule has 0 saturated heterocycles. The molecule has 0 radical (unpaired) electrons. The molecule has 1 aromatic carbocycles. The highest BCUT2D eigenvalue weighted by Gasteiger charge is 2.20. The maximum atomic E-state index is 10.9. The zero-order valence-electron chi connectivity index (χ0n) is 9.51. The fourth-order valence-corrected chi connectivity index (χ4v) is 2.26. The molecular weight excluding hydrogens is 222 g/mol. The number of benzene rings is 1. The molecule has 2 N–H and O–H groups in total. The molecule has 0 saturated carbocycles. The highest BCUT2D eigenvalue weighted by Crippen LogP contribution is 2.12. The van der Waals surface area contributed by atoms with Crippen molar-refractivity contribution in [3.05, 3.63) is 35.9 Å². The second kappa shape index (κ2) is 6.55. The average Bonchev–Trinajstić information content (AvgIpc) is 2.24. The van der Waals surface area contributed by atoms with E-state index in [4.69, 9.17) is 5.11 Å². The summed E-state index contributed by atoms with van der Waals surface area (Å²) in [6.45, 7) is 3.80. The lowest BCUT2D eigenvalue weighted by Gasteiger charge is -2.16. The van der Waals surface area contributed by atoms with Crippen molar-refractivity contribution in [2.75, 3.05) is 0 Å². The first kappa shape index (κ1) is 13.1. The van der Waals surface area contributed by atoms with Crippen molar-refractivity contribution in [3.8, 4) is 0 Å². The lowest BCUT2D eigenvalue weighted by atomic mass is 10.1. The third kappa shape index (κ3) is 4.24. The molecule has 3 nitrogen and oxygen atoms in total. The van der Waals surface area contributed by atoms with E-state index < -0.39 is 12.0 Å². The van der Waals surface area contributed by atoms with Gasteiger partial charge in [-0.15, -0.1) is 0 Å². The number of carbonyl (C=O) groups is 1. The van der Waals surface area contributed by atoms with Crippen molar-refractivity contribution in [1.82, 2.24) is 4.72 Å². The van der Waals surface area contributed by atoms with Gasteiger partial charge in [-0.3, -0.25) is 4.79 Å². The zero-order valence-corrected chi connectivity index (χ0v) is 10.3. The molecule has 1 rings (SSSR count). The molecule has 0 aliphatic heterocycles. The summed E-state index contributed by atoms with van der Waals surface area (Å²) in [5, 5.41) is 8.97.